The fourth-order valence-electron chi connectivity index (χ4n) is 1.32. The molecule has 0 spiro atoms. The summed E-state index contributed by atoms with van der Waals surface area (Å²) in [6.45, 7) is 3.79. The third-order valence-corrected chi connectivity index (χ3v) is 3.02. The largest absolute Gasteiger partial charge is 0.439 e. The highest BCUT2D eigenvalue weighted by Crippen LogP contribution is 2.27. The Bertz CT molecular complexity index is 519. The van der Waals surface area contributed by atoms with Gasteiger partial charge in [-0.25, -0.2) is 4.98 Å². The minimum atomic E-state index is 0.621. The van der Waals surface area contributed by atoms with Crippen LogP contribution in [-0.4, -0.2) is 11.3 Å². The SMILES string of the molecule is Cc1coc(Sc2ccc(C=O)c(C)c2)n1. The van der Waals surface area contributed by atoms with Gasteiger partial charge in [-0.05, 0) is 43.3 Å². The normalized spacial score (nSPS) is 10.4. The molecule has 2 aromatic rings. The van der Waals surface area contributed by atoms with Gasteiger partial charge in [-0.15, -0.1) is 0 Å². The number of aromatic nitrogens is 1. The van der Waals surface area contributed by atoms with Gasteiger partial charge in [0.15, 0.2) is 0 Å². The molecular weight excluding hydrogens is 222 g/mol. The van der Waals surface area contributed by atoms with Crippen LogP contribution in [0.5, 0.6) is 0 Å². The second-order valence-corrected chi connectivity index (χ2v) is 4.52. The molecule has 0 amide bonds. The van der Waals surface area contributed by atoms with Crippen molar-refractivity contribution in [3.8, 4) is 0 Å². The molecule has 0 fully saturated rings. The van der Waals surface area contributed by atoms with E-state index >= 15 is 0 Å². The highest BCUT2D eigenvalue weighted by atomic mass is 32.2. The maximum absolute atomic E-state index is 10.7. The lowest BCUT2D eigenvalue weighted by Crippen LogP contribution is -1.86. The third kappa shape index (κ3) is 2.33. The Morgan fingerprint density at radius 1 is 1.38 bits per heavy atom. The molecule has 2 rings (SSSR count). The fourth-order valence-corrected chi connectivity index (χ4v) is 2.18. The van der Waals surface area contributed by atoms with Crippen LogP contribution >= 0.6 is 11.8 Å². The van der Waals surface area contributed by atoms with E-state index in [2.05, 4.69) is 4.98 Å². The van der Waals surface area contributed by atoms with Crippen molar-refractivity contribution in [3.05, 3.63) is 41.3 Å². The first-order valence-corrected chi connectivity index (χ1v) is 5.66. The second kappa shape index (κ2) is 4.53. The molecule has 0 aliphatic heterocycles. The average molecular weight is 233 g/mol. The van der Waals surface area contributed by atoms with Crippen molar-refractivity contribution in [2.75, 3.05) is 0 Å². The van der Waals surface area contributed by atoms with Crippen LogP contribution < -0.4 is 0 Å². The predicted molar refractivity (Wildman–Crippen MR) is 61.9 cm³/mol. The number of carbonyl (C=O) groups excluding carboxylic acids is 1. The molecular formula is C12H11NO2S. The summed E-state index contributed by atoms with van der Waals surface area (Å²) in [7, 11) is 0. The van der Waals surface area contributed by atoms with E-state index < -0.39 is 0 Å². The van der Waals surface area contributed by atoms with Gasteiger partial charge in [-0.3, -0.25) is 4.79 Å². The first kappa shape index (κ1) is 11.0. The Morgan fingerprint density at radius 2 is 2.19 bits per heavy atom. The summed E-state index contributed by atoms with van der Waals surface area (Å²) in [5.41, 5.74) is 2.54. The molecule has 0 saturated carbocycles. The predicted octanol–water partition coefficient (Wildman–Crippen LogP) is 3.26. The first-order chi connectivity index (χ1) is 7.69. The van der Waals surface area contributed by atoms with Gasteiger partial charge in [0.1, 0.15) is 12.5 Å². The van der Waals surface area contributed by atoms with Gasteiger partial charge in [-0.2, -0.15) is 0 Å². The van der Waals surface area contributed by atoms with Crippen molar-refractivity contribution >= 4 is 18.0 Å². The summed E-state index contributed by atoms with van der Waals surface area (Å²) < 4.78 is 5.25. The van der Waals surface area contributed by atoms with Crippen LogP contribution in [0.25, 0.3) is 0 Å². The topological polar surface area (TPSA) is 43.1 Å². The summed E-state index contributed by atoms with van der Waals surface area (Å²) in [6.07, 6.45) is 2.48. The molecule has 4 heteroatoms. The molecule has 3 nitrogen and oxygen atoms in total. The van der Waals surface area contributed by atoms with Crippen LogP contribution in [0.2, 0.25) is 0 Å². The smallest absolute Gasteiger partial charge is 0.260 e. The Balaban J connectivity index is 2.22. The van der Waals surface area contributed by atoms with Crippen molar-refractivity contribution in [1.29, 1.82) is 0 Å². The maximum atomic E-state index is 10.7. The molecule has 0 aliphatic carbocycles. The summed E-state index contributed by atoms with van der Waals surface area (Å²) in [5, 5.41) is 0.621. The van der Waals surface area contributed by atoms with E-state index in [1.165, 1.54) is 11.8 Å². The molecule has 1 heterocycles. The van der Waals surface area contributed by atoms with Gasteiger partial charge in [0.25, 0.3) is 5.22 Å². The van der Waals surface area contributed by atoms with Crippen LogP contribution in [0.15, 0.2) is 39.0 Å². The fraction of sp³-hybridized carbons (Fsp3) is 0.167. The summed E-state index contributed by atoms with van der Waals surface area (Å²) in [4.78, 5) is 15.9. The molecule has 1 aromatic heterocycles. The summed E-state index contributed by atoms with van der Waals surface area (Å²) in [6, 6.07) is 5.65. The lowest BCUT2D eigenvalue weighted by molar-refractivity contribution is 0.112. The van der Waals surface area contributed by atoms with E-state index in [-0.39, 0.29) is 0 Å². The van der Waals surface area contributed by atoms with Crippen molar-refractivity contribution in [1.82, 2.24) is 4.98 Å². The number of aryl methyl sites for hydroxylation is 2. The Kier molecular flexibility index (Phi) is 3.10. The van der Waals surface area contributed by atoms with Crippen LogP contribution in [-0.2, 0) is 0 Å². The van der Waals surface area contributed by atoms with Gasteiger partial charge >= 0.3 is 0 Å². The molecule has 16 heavy (non-hydrogen) atoms. The number of rotatable bonds is 3. The lowest BCUT2D eigenvalue weighted by atomic mass is 10.1. The van der Waals surface area contributed by atoms with Gasteiger partial charge in [0, 0.05) is 10.5 Å². The van der Waals surface area contributed by atoms with Crippen molar-refractivity contribution < 1.29 is 9.21 Å². The number of benzene rings is 1. The van der Waals surface area contributed by atoms with Gasteiger partial charge in [0.05, 0.1) is 5.69 Å². The molecule has 82 valence electrons. The van der Waals surface area contributed by atoms with Crippen molar-refractivity contribution in [3.63, 3.8) is 0 Å². The van der Waals surface area contributed by atoms with Crippen LogP contribution in [0.1, 0.15) is 21.6 Å². The standard InChI is InChI=1S/C12H11NO2S/c1-8-5-11(4-3-10(8)6-14)16-12-13-9(2)7-15-12/h3-7H,1-2H3. The molecule has 0 unspecified atom stereocenters. The van der Waals surface area contributed by atoms with E-state index in [0.717, 1.165) is 22.4 Å². The van der Waals surface area contributed by atoms with Gasteiger partial charge in [0.2, 0.25) is 0 Å². The quantitative estimate of drug-likeness (QED) is 0.763. The minimum absolute atomic E-state index is 0.621. The van der Waals surface area contributed by atoms with E-state index in [0.29, 0.717) is 10.8 Å². The van der Waals surface area contributed by atoms with E-state index in [9.17, 15) is 4.79 Å². The maximum Gasteiger partial charge on any atom is 0.260 e. The third-order valence-electron chi connectivity index (χ3n) is 2.17. The molecule has 0 aliphatic rings. The van der Waals surface area contributed by atoms with Crippen LogP contribution in [0, 0.1) is 13.8 Å². The highest BCUT2D eigenvalue weighted by molar-refractivity contribution is 7.99. The minimum Gasteiger partial charge on any atom is -0.439 e. The second-order valence-electron chi connectivity index (χ2n) is 3.49. The highest BCUT2D eigenvalue weighted by Gasteiger charge is 2.05. The Morgan fingerprint density at radius 3 is 2.75 bits per heavy atom. The van der Waals surface area contributed by atoms with Crippen LogP contribution in [0.4, 0.5) is 0 Å². The number of hydrogen-bond acceptors (Lipinski definition) is 4. The monoisotopic (exact) mass is 233 g/mol. The molecule has 0 N–H and O–H groups in total. The van der Waals surface area contributed by atoms with Crippen LogP contribution in [0.3, 0.4) is 0 Å². The zero-order valence-corrected chi connectivity index (χ0v) is 9.88. The molecule has 0 bridgehead atoms. The average Bonchev–Trinajstić information content (AvgIpc) is 2.64. The number of oxazole rings is 1. The number of carbonyl (C=O) groups is 1. The Labute approximate surface area is 97.9 Å². The van der Waals surface area contributed by atoms with Crippen molar-refractivity contribution in [2.45, 2.75) is 24.0 Å². The number of hydrogen-bond donors (Lipinski definition) is 0. The van der Waals surface area contributed by atoms with Gasteiger partial charge in [-0.1, -0.05) is 6.07 Å². The number of nitrogens with zero attached hydrogens (tertiary/aromatic N) is 1. The zero-order chi connectivity index (χ0) is 11.5. The van der Waals surface area contributed by atoms with E-state index in [4.69, 9.17) is 4.42 Å². The molecule has 1 aromatic carbocycles. The lowest BCUT2D eigenvalue weighted by Gasteiger charge is -2.01. The van der Waals surface area contributed by atoms with E-state index in [1.807, 2.05) is 26.0 Å². The Hall–Kier alpha value is -1.55. The molecule has 0 saturated heterocycles. The van der Waals surface area contributed by atoms with Crippen molar-refractivity contribution in [2.24, 2.45) is 0 Å². The van der Waals surface area contributed by atoms with Gasteiger partial charge < -0.3 is 4.42 Å². The summed E-state index contributed by atoms with van der Waals surface area (Å²) >= 11 is 1.45. The zero-order valence-electron chi connectivity index (χ0n) is 9.06. The molecule has 0 radical (unpaired) electrons. The molecule has 0 atom stereocenters. The van der Waals surface area contributed by atoms with E-state index in [1.54, 1.807) is 12.3 Å². The summed E-state index contributed by atoms with van der Waals surface area (Å²) in [5.74, 6) is 0. The number of aldehydes is 1. The first-order valence-electron chi connectivity index (χ1n) is 4.85.